The van der Waals surface area contributed by atoms with Crippen molar-refractivity contribution >= 4 is 11.9 Å². The molecule has 1 saturated heterocycles. The maximum Gasteiger partial charge on any atom is 0.303 e. The van der Waals surface area contributed by atoms with Crippen LogP contribution in [-0.2, 0) is 28.5 Å². The average Bonchev–Trinajstić information content (AvgIpc) is 2.66. The van der Waals surface area contributed by atoms with Crippen LogP contribution in [0.25, 0.3) is 0 Å². The number of fused-ring (bicyclic) bond motifs is 1. The van der Waals surface area contributed by atoms with Crippen LogP contribution in [0.2, 0.25) is 0 Å². The molecule has 6 atom stereocenters. The molecular formula is C13H20O8. The van der Waals surface area contributed by atoms with Crippen LogP contribution in [0.5, 0.6) is 0 Å². The predicted octanol–water partition coefficient (Wildman–Crippen LogP) is -0.895. The Morgan fingerprint density at radius 2 is 1.38 bits per heavy atom. The van der Waals surface area contributed by atoms with E-state index in [1.165, 1.54) is 6.92 Å². The molecule has 120 valence electrons. The van der Waals surface area contributed by atoms with Crippen LogP contribution in [0, 0.1) is 0 Å². The van der Waals surface area contributed by atoms with Crippen LogP contribution in [0.15, 0.2) is 0 Å². The van der Waals surface area contributed by atoms with E-state index in [-0.39, 0.29) is 0 Å². The number of carbonyl (C=O) groups is 2. The SMILES string of the molecule is CC(=O)O[C@H]1[C@@H]2OC(C)(C)O[C@@H]2[C@@H](O)[C@@H](O)[C@@H]1OC(C)=O. The maximum atomic E-state index is 11.3. The summed E-state index contributed by atoms with van der Waals surface area (Å²) >= 11 is 0. The highest BCUT2D eigenvalue weighted by Crippen LogP contribution is 2.39. The molecule has 2 rings (SSSR count). The van der Waals surface area contributed by atoms with E-state index in [9.17, 15) is 19.8 Å². The number of aliphatic hydroxyl groups is 2. The first-order valence-electron chi connectivity index (χ1n) is 6.68. The molecule has 2 N–H and O–H groups in total. The van der Waals surface area contributed by atoms with Crippen LogP contribution in [0.1, 0.15) is 27.7 Å². The Balaban J connectivity index is 2.32. The highest BCUT2D eigenvalue weighted by Gasteiger charge is 2.60. The summed E-state index contributed by atoms with van der Waals surface area (Å²) in [4.78, 5) is 22.5. The molecule has 1 aliphatic heterocycles. The lowest BCUT2D eigenvalue weighted by atomic mass is 9.84. The molecule has 21 heavy (non-hydrogen) atoms. The zero-order valence-electron chi connectivity index (χ0n) is 12.3. The lowest BCUT2D eigenvalue weighted by Gasteiger charge is -2.41. The molecule has 1 saturated carbocycles. The Hall–Kier alpha value is -1.22. The van der Waals surface area contributed by atoms with Gasteiger partial charge in [0, 0.05) is 13.8 Å². The van der Waals surface area contributed by atoms with Gasteiger partial charge in [0.25, 0.3) is 0 Å². The normalized spacial score (nSPS) is 41.2. The van der Waals surface area contributed by atoms with Gasteiger partial charge in [0.1, 0.15) is 24.4 Å². The molecule has 2 fully saturated rings. The third kappa shape index (κ3) is 3.18. The van der Waals surface area contributed by atoms with Gasteiger partial charge in [-0.15, -0.1) is 0 Å². The zero-order valence-corrected chi connectivity index (χ0v) is 12.3. The van der Waals surface area contributed by atoms with Gasteiger partial charge in [-0.3, -0.25) is 9.59 Å². The van der Waals surface area contributed by atoms with Crippen molar-refractivity contribution in [2.45, 2.75) is 70.1 Å². The molecule has 1 aliphatic carbocycles. The van der Waals surface area contributed by atoms with Crippen molar-refractivity contribution in [3.63, 3.8) is 0 Å². The summed E-state index contributed by atoms with van der Waals surface area (Å²) in [6, 6.07) is 0. The van der Waals surface area contributed by atoms with E-state index in [0.29, 0.717) is 0 Å². The smallest absolute Gasteiger partial charge is 0.303 e. The largest absolute Gasteiger partial charge is 0.456 e. The summed E-state index contributed by atoms with van der Waals surface area (Å²) in [6.07, 6.45) is -6.78. The Morgan fingerprint density at radius 1 is 0.905 bits per heavy atom. The van der Waals surface area contributed by atoms with Gasteiger partial charge in [-0.1, -0.05) is 0 Å². The molecule has 0 spiro atoms. The second kappa shape index (κ2) is 5.53. The Morgan fingerprint density at radius 3 is 1.90 bits per heavy atom. The fourth-order valence-corrected chi connectivity index (χ4v) is 2.76. The Kier molecular flexibility index (Phi) is 4.25. The fraction of sp³-hybridized carbons (Fsp3) is 0.846. The number of esters is 2. The third-order valence-corrected chi connectivity index (χ3v) is 3.44. The van der Waals surface area contributed by atoms with Crippen molar-refractivity contribution in [3.8, 4) is 0 Å². The standard InChI is InChI=1S/C13H20O8/c1-5(14)18-9-7(16)8(17)10-12(11(9)19-6(2)15)21-13(3,4)20-10/h7-12,16-17H,1-4H3/t7-,8+,9+,10-,11-,12-/m1/s1. The summed E-state index contributed by atoms with van der Waals surface area (Å²) in [6.45, 7) is 5.62. The van der Waals surface area contributed by atoms with Crippen molar-refractivity contribution in [2.75, 3.05) is 0 Å². The molecule has 2 aliphatic rings. The fourth-order valence-electron chi connectivity index (χ4n) is 2.76. The second-order valence-corrected chi connectivity index (χ2v) is 5.69. The minimum Gasteiger partial charge on any atom is -0.456 e. The Labute approximate surface area is 121 Å². The molecule has 0 unspecified atom stereocenters. The van der Waals surface area contributed by atoms with Gasteiger partial charge in [0.05, 0.1) is 0 Å². The van der Waals surface area contributed by atoms with E-state index in [0.717, 1.165) is 6.92 Å². The van der Waals surface area contributed by atoms with E-state index in [1.54, 1.807) is 13.8 Å². The Bertz CT molecular complexity index is 434. The van der Waals surface area contributed by atoms with Gasteiger partial charge >= 0.3 is 11.9 Å². The lowest BCUT2D eigenvalue weighted by molar-refractivity contribution is -0.220. The van der Waals surface area contributed by atoms with Crippen LogP contribution >= 0.6 is 0 Å². The molecule has 8 heteroatoms. The van der Waals surface area contributed by atoms with Crippen molar-refractivity contribution in [1.82, 2.24) is 0 Å². The highest BCUT2D eigenvalue weighted by molar-refractivity contribution is 5.67. The van der Waals surface area contributed by atoms with Crippen LogP contribution in [0.3, 0.4) is 0 Å². The van der Waals surface area contributed by atoms with Crippen LogP contribution in [0.4, 0.5) is 0 Å². The third-order valence-electron chi connectivity index (χ3n) is 3.44. The lowest BCUT2D eigenvalue weighted by Crippen LogP contribution is -2.64. The van der Waals surface area contributed by atoms with Crippen molar-refractivity contribution in [1.29, 1.82) is 0 Å². The molecule has 0 radical (unpaired) electrons. The number of hydrogen-bond donors (Lipinski definition) is 2. The van der Waals surface area contributed by atoms with Gasteiger partial charge in [-0.2, -0.15) is 0 Å². The summed E-state index contributed by atoms with van der Waals surface area (Å²) in [7, 11) is 0. The predicted molar refractivity (Wildman–Crippen MR) is 66.9 cm³/mol. The van der Waals surface area contributed by atoms with E-state index in [2.05, 4.69) is 0 Å². The first kappa shape index (κ1) is 16.2. The highest BCUT2D eigenvalue weighted by atomic mass is 16.8. The van der Waals surface area contributed by atoms with E-state index in [4.69, 9.17) is 18.9 Å². The molecule has 0 bridgehead atoms. The number of carbonyl (C=O) groups excluding carboxylic acids is 2. The zero-order chi connectivity index (χ0) is 15.9. The molecule has 1 heterocycles. The van der Waals surface area contributed by atoms with Gasteiger partial charge < -0.3 is 29.2 Å². The van der Waals surface area contributed by atoms with Crippen molar-refractivity contribution in [2.24, 2.45) is 0 Å². The molecule has 0 aromatic rings. The summed E-state index contributed by atoms with van der Waals surface area (Å²) in [5.41, 5.74) is 0. The number of aliphatic hydroxyl groups excluding tert-OH is 2. The summed E-state index contributed by atoms with van der Waals surface area (Å²) in [5, 5.41) is 20.3. The average molecular weight is 304 g/mol. The van der Waals surface area contributed by atoms with E-state index in [1.807, 2.05) is 0 Å². The summed E-state index contributed by atoms with van der Waals surface area (Å²) < 4.78 is 21.3. The number of ether oxygens (including phenoxy) is 4. The first-order valence-corrected chi connectivity index (χ1v) is 6.68. The van der Waals surface area contributed by atoms with Gasteiger partial charge in [0.2, 0.25) is 0 Å². The molecule has 8 nitrogen and oxygen atoms in total. The minimum atomic E-state index is -1.45. The van der Waals surface area contributed by atoms with Crippen LogP contribution < -0.4 is 0 Å². The monoisotopic (exact) mass is 304 g/mol. The van der Waals surface area contributed by atoms with Crippen LogP contribution in [-0.4, -0.2) is 64.6 Å². The van der Waals surface area contributed by atoms with Crippen molar-refractivity contribution < 1.29 is 38.7 Å². The molecule has 0 aromatic carbocycles. The molecule has 0 amide bonds. The minimum absolute atomic E-state index is 0.618. The first-order chi connectivity index (χ1) is 9.62. The topological polar surface area (TPSA) is 112 Å². The van der Waals surface area contributed by atoms with E-state index >= 15 is 0 Å². The van der Waals surface area contributed by atoms with Crippen molar-refractivity contribution in [3.05, 3.63) is 0 Å². The quantitative estimate of drug-likeness (QED) is 0.632. The molecule has 0 aromatic heterocycles. The summed E-state index contributed by atoms with van der Waals surface area (Å²) in [5.74, 6) is -2.30. The maximum absolute atomic E-state index is 11.3. The van der Waals surface area contributed by atoms with Gasteiger partial charge in [-0.05, 0) is 13.8 Å². The number of rotatable bonds is 2. The number of hydrogen-bond acceptors (Lipinski definition) is 8. The molecular weight excluding hydrogens is 284 g/mol. The second-order valence-electron chi connectivity index (χ2n) is 5.69. The van der Waals surface area contributed by atoms with E-state index < -0.39 is 54.3 Å². The van der Waals surface area contributed by atoms with Gasteiger partial charge in [0.15, 0.2) is 18.0 Å². The van der Waals surface area contributed by atoms with Gasteiger partial charge in [-0.25, -0.2) is 0 Å².